The number of hydrogen-bond donors (Lipinski definition) is 2. The molecule has 0 unspecified atom stereocenters. The van der Waals surface area contributed by atoms with Gasteiger partial charge in [0.15, 0.2) is 5.60 Å². The van der Waals surface area contributed by atoms with Crippen LogP contribution in [0.1, 0.15) is 42.1 Å². The Morgan fingerprint density at radius 3 is 2.69 bits per heavy atom. The summed E-state index contributed by atoms with van der Waals surface area (Å²) in [6.45, 7) is 6.39. The number of ether oxygens (including phenoxy) is 1. The van der Waals surface area contributed by atoms with E-state index in [4.69, 9.17) is 16.3 Å². The first kappa shape index (κ1) is 25.0. The zero-order valence-electron chi connectivity index (χ0n) is 19.9. The molecule has 3 aromatic rings. The van der Waals surface area contributed by atoms with Gasteiger partial charge in [0.2, 0.25) is 0 Å². The SMILES string of the molecule is Cc1nc(-c2ccc(Cl)cc2)sc1C(=O)N[C@@H]1CCCN(c2cccc(OC(C)(C)C(=O)O)c2)C1. The lowest BCUT2D eigenvalue weighted by molar-refractivity contribution is -0.152. The number of benzene rings is 2. The van der Waals surface area contributed by atoms with Crippen molar-refractivity contribution >= 4 is 40.5 Å². The minimum Gasteiger partial charge on any atom is -0.478 e. The number of nitrogens with one attached hydrogen (secondary N) is 1. The second-order valence-electron chi connectivity index (χ2n) is 9.11. The van der Waals surface area contributed by atoms with Crippen LogP contribution in [0, 0.1) is 6.92 Å². The fourth-order valence-electron chi connectivity index (χ4n) is 3.99. The van der Waals surface area contributed by atoms with Gasteiger partial charge in [0, 0.05) is 41.5 Å². The summed E-state index contributed by atoms with van der Waals surface area (Å²) in [7, 11) is 0. The van der Waals surface area contributed by atoms with Crippen LogP contribution in [0.25, 0.3) is 10.6 Å². The van der Waals surface area contributed by atoms with E-state index in [0.29, 0.717) is 27.9 Å². The van der Waals surface area contributed by atoms with Gasteiger partial charge in [-0.25, -0.2) is 9.78 Å². The van der Waals surface area contributed by atoms with E-state index in [9.17, 15) is 14.7 Å². The summed E-state index contributed by atoms with van der Waals surface area (Å²) in [4.78, 5) is 31.9. The van der Waals surface area contributed by atoms with Gasteiger partial charge in [-0.05, 0) is 57.9 Å². The van der Waals surface area contributed by atoms with Gasteiger partial charge < -0.3 is 20.1 Å². The highest BCUT2D eigenvalue weighted by Crippen LogP contribution is 2.30. The average molecular weight is 514 g/mol. The molecule has 1 aromatic heterocycles. The van der Waals surface area contributed by atoms with Crippen molar-refractivity contribution < 1.29 is 19.4 Å². The highest BCUT2D eigenvalue weighted by atomic mass is 35.5. The topological polar surface area (TPSA) is 91.8 Å². The minimum absolute atomic E-state index is 0.0169. The summed E-state index contributed by atoms with van der Waals surface area (Å²) in [5.41, 5.74) is 1.24. The molecule has 184 valence electrons. The summed E-state index contributed by atoms with van der Waals surface area (Å²) in [5, 5.41) is 14.0. The molecule has 0 bridgehead atoms. The molecule has 1 aliphatic heterocycles. The van der Waals surface area contributed by atoms with Gasteiger partial charge >= 0.3 is 5.97 Å². The Morgan fingerprint density at radius 1 is 1.23 bits per heavy atom. The number of carboxylic acids is 1. The molecule has 2 aromatic carbocycles. The Hall–Kier alpha value is -3.10. The Kier molecular flexibility index (Phi) is 7.33. The molecule has 0 saturated carbocycles. The van der Waals surface area contributed by atoms with Gasteiger partial charge in [-0.3, -0.25) is 4.79 Å². The van der Waals surface area contributed by atoms with Gasteiger partial charge in [0.1, 0.15) is 15.6 Å². The number of thiazole rings is 1. The van der Waals surface area contributed by atoms with E-state index in [1.165, 1.54) is 25.2 Å². The van der Waals surface area contributed by atoms with E-state index in [-0.39, 0.29) is 11.9 Å². The molecule has 1 atom stereocenters. The molecule has 0 aliphatic carbocycles. The van der Waals surface area contributed by atoms with Crippen molar-refractivity contribution in [2.45, 2.75) is 45.3 Å². The zero-order chi connectivity index (χ0) is 25.2. The Labute approximate surface area is 213 Å². The normalized spacial score (nSPS) is 16.1. The van der Waals surface area contributed by atoms with Crippen LogP contribution in [0.4, 0.5) is 5.69 Å². The Morgan fingerprint density at radius 2 is 1.97 bits per heavy atom. The third-order valence-electron chi connectivity index (χ3n) is 5.92. The molecule has 1 aliphatic rings. The molecule has 7 nitrogen and oxygen atoms in total. The number of carbonyl (C=O) groups excluding carboxylic acids is 1. The fraction of sp³-hybridized carbons (Fsp3) is 0.346. The van der Waals surface area contributed by atoms with Crippen LogP contribution in [-0.4, -0.2) is 46.7 Å². The number of aryl methyl sites for hydroxylation is 1. The van der Waals surface area contributed by atoms with E-state index >= 15 is 0 Å². The molecule has 35 heavy (non-hydrogen) atoms. The number of amides is 1. The number of aromatic nitrogens is 1. The lowest BCUT2D eigenvalue weighted by Gasteiger charge is -2.35. The van der Waals surface area contributed by atoms with Crippen LogP contribution in [-0.2, 0) is 4.79 Å². The Balaban J connectivity index is 1.43. The molecule has 1 saturated heterocycles. The number of carbonyl (C=O) groups is 2. The van der Waals surface area contributed by atoms with Crippen molar-refractivity contribution in [1.29, 1.82) is 0 Å². The monoisotopic (exact) mass is 513 g/mol. The van der Waals surface area contributed by atoms with Gasteiger partial charge in [-0.15, -0.1) is 11.3 Å². The van der Waals surface area contributed by atoms with Gasteiger partial charge in [-0.2, -0.15) is 0 Å². The summed E-state index contributed by atoms with van der Waals surface area (Å²) in [5.74, 6) is -0.648. The largest absolute Gasteiger partial charge is 0.478 e. The maximum atomic E-state index is 13.1. The fourth-order valence-corrected chi connectivity index (χ4v) is 5.09. The maximum absolute atomic E-state index is 13.1. The number of piperidine rings is 1. The first-order chi connectivity index (χ1) is 16.6. The summed E-state index contributed by atoms with van der Waals surface area (Å²) in [6.07, 6.45) is 1.81. The molecule has 0 radical (unpaired) electrons. The molecule has 1 fully saturated rings. The highest BCUT2D eigenvalue weighted by molar-refractivity contribution is 7.17. The average Bonchev–Trinajstić information content (AvgIpc) is 3.21. The van der Waals surface area contributed by atoms with E-state index in [2.05, 4.69) is 15.2 Å². The van der Waals surface area contributed by atoms with Gasteiger partial charge in [0.05, 0.1) is 5.69 Å². The molecule has 4 rings (SSSR count). The molecule has 2 N–H and O–H groups in total. The predicted molar refractivity (Wildman–Crippen MR) is 139 cm³/mol. The molecule has 0 spiro atoms. The second-order valence-corrected chi connectivity index (χ2v) is 10.5. The van der Waals surface area contributed by atoms with Crippen molar-refractivity contribution in [3.63, 3.8) is 0 Å². The van der Waals surface area contributed by atoms with E-state index in [1.807, 2.05) is 49.4 Å². The smallest absolute Gasteiger partial charge is 0.347 e. The number of nitrogens with zero attached hydrogens (tertiary/aromatic N) is 2. The first-order valence-electron chi connectivity index (χ1n) is 11.4. The third kappa shape index (κ3) is 5.94. The van der Waals surface area contributed by atoms with Crippen molar-refractivity contribution in [3.05, 3.63) is 64.1 Å². The quantitative estimate of drug-likeness (QED) is 0.438. The molecular weight excluding hydrogens is 486 g/mol. The standard InChI is InChI=1S/C26H28ClN3O4S/c1-16-22(35-24(28-16)17-9-11-18(27)12-10-17)23(31)29-19-6-5-13-30(15-19)20-7-4-8-21(14-20)34-26(2,3)25(32)33/h4,7-12,14,19H,5-6,13,15H2,1-3H3,(H,29,31)(H,32,33)/t19-/m1/s1. The molecule has 9 heteroatoms. The highest BCUT2D eigenvalue weighted by Gasteiger charge is 2.30. The number of anilines is 1. The predicted octanol–water partition coefficient (Wildman–Crippen LogP) is 5.41. The third-order valence-corrected chi connectivity index (χ3v) is 7.38. The Bertz CT molecular complexity index is 1230. The number of halogens is 1. The summed E-state index contributed by atoms with van der Waals surface area (Å²) < 4.78 is 5.69. The molecular formula is C26H28ClN3O4S. The molecule has 1 amide bonds. The second kappa shape index (κ2) is 10.3. The van der Waals surface area contributed by atoms with Crippen LogP contribution in [0.15, 0.2) is 48.5 Å². The minimum atomic E-state index is -1.32. The van der Waals surface area contributed by atoms with Crippen LogP contribution in [0.5, 0.6) is 5.75 Å². The number of hydrogen-bond acceptors (Lipinski definition) is 6. The van der Waals surface area contributed by atoms with E-state index < -0.39 is 11.6 Å². The number of rotatable bonds is 7. The lowest BCUT2D eigenvalue weighted by atomic mass is 10.0. The van der Waals surface area contributed by atoms with Crippen molar-refractivity contribution in [2.75, 3.05) is 18.0 Å². The van der Waals surface area contributed by atoms with E-state index in [0.717, 1.165) is 35.6 Å². The van der Waals surface area contributed by atoms with Crippen molar-refractivity contribution in [2.24, 2.45) is 0 Å². The maximum Gasteiger partial charge on any atom is 0.347 e. The van der Waals surface area contributed by atoms with Crippen LogP contribution >= 0.6 is 22.9 Å². The summed E-state index contributed by atoms with van der Waals surface area (Å²) in [6, 6.07) is 14.8. The first-order valence-corrected chi connectivity index (χ1v) is 12.6. The number of aliphatic carboxylic acids is 1. The van der Waals surface area contributed by atoms with Gasteiger partial charge in [-0.1, -0.05) is 29.8 Å². The molecule has 2 heterocycles. The van der Waals surface area contributed by atoms with Crippen LogP contribution in [0.2, 0.25) is 5.02 Å². The van der Waals surface area contributed by atoms with Crippen molar-refractivity contribution in [3.8, 4) is 16.3 Å². The van der Waals surface area contributed by atoms with Gasteiger partial charge in [0.25, 0.3) is 5.91 Å². The van der Waals surface area contributed by atoms with Crippen molar-refractivity contribution in [1.82, 2.24) is 10.3 Å². The lowest BCUT2D eigenvalue weighted by Crippen LogP contribution is -2.47. The zero-order valence-corrected chi connectivity index (χ0v) is 21.4. The number of carboxylic acid groups (broad SMARTS) is 1. The summed E-state index contributed by atoms with van der Waals surface area (Å²) >= 11 is 7.36. The van der Waals surface area contributed by atoms with E-state index in [1.54, 1.807) is 6.07 Å². The van der Waals surface area contributed by atoms with Crippen LogP contribution in [0.3, 0.4) is 0 Å². The van der Waals surface area contributed by atoms with Crippen LogP contribution < -0.4 is 15.0 Å².